The summed E-state index contributed by atoms with van der Waals surface area (Å²) in [6, 6.07) is 21.1. The number of carbonyl (C=O) groups is 1. The van der Waals surface area contributed by atoms with E-state index in [0.29, 0.717) is 5.56 Å². The molecule has 0 fully saturated rings. The van der Waals surface area contributed by atoms with Crippen molar-refractivity contribution in [3.63, 3.8) is 0 Å². The maximum atomic E-state index is 13.6. The number of benzene rings is 2. The van der Waals surface area contributed by atoms with Gasteiger partial charge in [-0.05, 0) is 49.7 Å². The lowest BCUT2D eigenvalue weighted by Crippen LogP contribution is -2.21. The quantitative estimate of drug-likeness (QED) is 0.406. The highest BCUT2D eigenvalue weighted by molar-refractivity contribution is 7.16. The SMILES string of the molecule is Cc1sc(NC(=O)c2ccccc2)c([C@@H](Nc2cccc[nH+]2)c2ccc(F)cc2)c1C. The summed E-state index contributed by atoms with van der Waals surface area (Å²) in [5.41, 5.74) is 3.55. The van der Waals surface area contributed by atoms with Crippen molar-refractivity contribution in [1.29, 1.82) is 0 Å². The highest BCUT2D eigenvalue weighted by Gasteiger charge is 2.28. The Morgan fingerprint density at radius 1 is 0.968 bits per heavy atom. The minimum atomic E-state index is -0.287. The molecule has 156 valence electrons. The van der Waals surface area contributed by atoms with Gasteiger partial charge in [-0.25, -0.2) is 9.37 Å². The second-order valence-corrected chi connectivity index (χ2v) is 8.48. The number of hydrogen-bond donors (Lipinski definition) is 2. The Morgan fingerprint density at radius 2 is 1.68 bits per heavy atom. The van der Waals surface area contributed by atoms with Crippen LogP contribution in [0.15, 0.2) is 79.0 Å². The molecule has 0 radical (unpaired) electrons. The van der Waals surface area contributed by atoms with Gasteiger partial charge >= 0.3 is 0 Å². The molecule has 1 atom stereocenters. The first-order valence-electron chi connectivity index (χ1n) is 9.98. The lowest BCUT2D eigenvalue weighted by molar-refractivity contribution is -0.361. The van der Waals surface area contributed by atoms with Crippen molar-refractivity contribution in [2.45, 2.75) is 19.9 Å². The van der Waals surface area contributed by atoms with E-state index in [4.69, 9.17) is 0 Å². The van der Waals surface area contributed by atoms with E-state index >= 15 is 0 Å². The minimum absolute atomic E-state index is 0.160. The van der Waals surface area contributed by atoms with Crippen LogP contribution in [0.2, 0.25) is 0 Å². The summed E-state index contributed by atoms with van der Waals surface area (Å²) in [4.78, 5) is 17.2. The molecule has 2 aromatic carbocycles. The van der Waals surface area contributed by atoms with E-state index in [2.05, 4.69) is 15.6 Å². The Balaban J connectivity index is 1.77. The number of pyridine rings is 1. The zero-order chi connectivity index (χ0) is 21.8. The normalized spacial score (nSPS) is 11.7. The number of aromatic amines is 1. The molecule has 31 heavy (non-hydrogen) atoms. The van der Waals surface area contributed by atoms with Crippen molar-refractivity contribution < 1.29 is 14.2 Å². The molecule has 0 spiro atoms. The third-order valence-electron chi connectivity index (χ3n) is 5.20. The van der Waals surface area contributed by atoms with E-state index in [1.54, 1.807) is 35.6 Å². The Labute approximate surface area is 184 Å². The average molecular weight is 433 g/mol. The second-order valence-electron chi connectivity index (χ2n) is 7.25. The monoisotopic (exact) mass is 432 g/mol. The molecule has 0 aliphatic carbocycles. The predicted molar refractivity (Wildman–Crippen MR) is 123 cm³/mol. The van der Waals surface area contributed by atoms with Crippen LogP contribution >= 0.6 is 11.3 Å². The number of anilines is 2. The van der Waals surface area contributed by atoms with Gasteiger partial charge in [-0.3, -0.25) is 10.1 Å². The zero-order valence-electron chi connectivity index (χ0n) is 17.3. The van der Waals surface area contributed by atoms with Crippen LogP contribution in [0.5, 0.6) is 0 Å². The molecule has 1 amide bonds. The summed E-state index contributed by atoms with van der Waals surface area (Å²) < 4.78 is 13.6. The molecule has 4 aromatic rings. The number of hydrogen-bond acceptors (Lipinski definition) is 3. The largest absolute Gasteiger partial charge is 0.313 e. The van der Waals surface area contributed by atoms with Crippen LogP contribution in [0, 0.1) is 19.7 Å². The van der Waals surface area contributed by atoms with E-state index < -0.39 is 0 Å². The minimum Gasteiger partial charge on any atom is -0.313 e. The molecule has 0 saturated carbocycles. The van der Waals surface area contributed by atoms with Crippen LogP contribution in [0.1, 0.15) is 38.0 Å². The average Bonchev–Trinajstić information content (AvgIpc) is 3.07. The highest BCUT2D eigenvalue weighted by atomic mass is 32.1. The van der Waals surface area contributed by atoms with Crippen molar-refractivity contribution in [3.8, 4) is 0 Å². The number of aromatic nitrogens is 1. The molecular weight excluding hydrogens is 409 g/mol. The van der Waals surface area contributed by atoms with E-state index in [9.17, 15) is 9.18 Å². The standard InChI is InChI=1S/C25H22FN3OS/c1-16-17(2)31-25(29-24(30)19-8-4-3-5-9-19)22(16)23(18-11-13-20(26)14-12-18)28-21-10-6-7-15-27-21/h3-15,23H,1-2H3,(H,27,28)(H,29,30)/p+1/t23-/m0/s1. The number of H-pyrrole nitrogens is 1. The first-order valence-corrected chi connectivity index (χ1v) is 10.8. The van der Waals surface area contributed by atoms with E-state index in [1.165, 1.54) is 12.1 Å². The summed E-state index contributed by atoms with van der Waals surface area (Å²) in [6.45, 7) is 4.09. The van der Waals surface area contributed by atoms with E-state index in [1.807, 2.05) is 56.4 Å². The molecule has 6 heteroatoms. The number of aryl methyl sites for hydroxylation is 1. The van der Waals surface area contributed by atoms with Gasteiger partial charge < -0.3 is 5.32 Å². The number of amides is 1. The molecule has 3 N–H and O–H groups in total. The zero-order valence-corrected chi connectivity index (χ0v) is 18.1. The number of carbonyl (C=O) groups excluding carboxylic acids is 1. The molecule has 2 heterocycles. The number of thiophene rings is 1. The van der Waals surface area contributed by atoms with Crippen LogP contribution in [-0.4, -0.2) is 5.91 Å². The second kappa shape index (κ2) is 9.10. The fourth-order valence-corrected chi connectivity index (χ4v) is 4.56. The number of halogens is 1. The first kappa shape index (κ1) is 20.8. The summed E-state index contributed by atoms with van der Waals surface area (Å²) in [5, 5.41) is 7.39. The van der Waals surface area contributed by atoms with Gasteiger partial charge in [0.25, 0.3) is 11.7 Å². The number of nitrogens with one attached hydrogen (secondary N) is 3. The van der Waals surface area contributed by atoms with Crippen molar-refractivity contribution >= 4 is 28.1 Å². The van der Waals surface area contributed by atoms with Gasteiger partial charge in [0.1, 0.15) is 16.9 Å². The summed E-state index contributed by atoms with van der Waals surface area (Å²) >= 11 is 1.54. The summed E-state index contributed by atoms with van der Waals surface area (Å²) in [5.74, 6) is 0.372. The third kappa shape index (κ3) is 4.64. The van der Waals surface area contributed by atoms with Crippen LogP contribution in [-0.2, 0) is 0 Å². The Bertz CT molecular complexity index is 1170. The maximum Gasteiger partial charge on any atom is 0.272 e. The van der Waals surface area contributed by atoms with Crippen molar-refractivity contribution in [1.82, 2.24) is 0 Å². The first-order chi connectivity index (χ1) is 15.0. The molecule has 2 aromatic heterocycles. The van der Waals surface area contributed by atoms with Crippen molar-refractivity contribution in [2.24, 2.45) is 0 Å². The van der Waals surface area contributed by atoms with Crippen molar-refractivity contribution in [2.75, 3.05) is 10.6 Å². The topological polar surface area (TPSA) is 55.3 Å². The molecule has 4 rings (SSSR count). The smallest absolute Gasteiger partial charge is 0.272 e. The van der Waals surface area contributed by atoms with Gasteiger partial charge in [0.15, 0.2) is 0 Å². The van der Waals surface area contributed by atoms with E-state index in [-0.39, 0.29) is 17.8 Å². The Morgan fingerprint density at radius 3 is 2.35 bits per heavy atom. The highest BCUT2D eigenvalue weighted by Crippen LogP contribution is 2.40. The number of rotatable bonds is 6. The van der Waals surface area contributed by atoms with Gasteiger partial charge in [0.05, 0.1) is 6.20 Å². The molecule has 0 aliphatic rings. The van der Waals surface area contributed by atoms with Crippen LogP contribution in [0.25, 0.3) is 0 Å². The Kier molecular flexibility index (Phi) is 6.09. The molecule has 0 aliphatic heterocycles. The van der Waals surface area contributed by atoms with Crippen LogP contribution in [0.4, 0.5) is 15.2 Å². The predicted octanol–water partition coefficient (Wildman–Crippen LogP) is 5.77. The van der Waals surface area contributed by atoms with Crippen LogP contribution < -0.4 is 15.6 Å². The lowest BCUT2D eigenvalue weighted by Gasteiger charge is -2.18. The molecule has 4 nitrogen and oxygen atoms in total. The fraction of sp³-hybridized carbons (Fsp3) is 0.120. The van der Waals surface area contributed by atoms with Crippen LogP contribution in [0.3, 0.4) is 0 Å². The third-order valence-corrected chi connectivity index (χ3v) is 6.33. The molecular formula is C25H23FN3OS+. The van der Waals surface area contributed by atoms with Gasteiger partial charge in [-0.1, -0.05) is 36.4 Å². The maximum absolute atomic E-state index is 13.6. The molecule has 0 saturated heterocycles. The van der Waals surface area contributed by atoms with Gasteiger partial charge in [0, 0.05) is 27.6 Å². The van der Waals surface area contributed by atoms with Gasteiger partial charge in [-0.15, -0.1) is 11.3 Å². The lowest BCUT2D eigenvalue weighted by atomic mass is 9.96. The summed E-state index contributed by atoms with van der Waals surface area (Å²) in [6.07, 6.45) is 1.84. The summed E-state index contributed by atoms with van der Waals surface area (Å²) in [7, 11) is 0. The molecule has 0 bridgehead atoms. The van der Waals surface area contributed by atoms with E-state index in [0.717, 1.165) is 32.4 Å². The van der Waals surface area contributed by atoms with Gasteiger partial charge in [0.2, 0.25) is 0 Å². The Hall–Kier alpha value is -3.51. The van der Waals surface area contributed by atoms with Crippen molar-refractivity contribution in [3.05, 3.63) is 112 Å². The fourth-order valence-electron chi connectivity index (χ4n) is 3.47. The molecule has 0 unspecified atom stereocenters. The van der Waals surface area contributed by atoms with Gasteiger partial charge in [-0.2, -0.15) is 0 Å².